The summed E-state index contributed by atoms with van der Waals surface area (Å²) < 4.78 is 5.06. The van der Waals surface area contributed by atoms with E-state index in [4.69, 9.17) is 22.1 Å². The fourth-order valence-corrected chi connectivity index (χ4v) is 2.06. The molecule has 8 heteroatoms. The van der Waals surface area contributed by atoms with Gasteiger partial charge in [-0.3, -0.25) is 19.7 Å². The molecule has 0 unspecified atom stereocenters. The van der Waals surface area contributed by atoms with Crippen molar-refractivity contribution < 1.29 is 19.1 Å². The number of ether oxygens (including phenoxy) is 1. The molecule has 7 nitrogen and oxygen atoms in total. The van der Waals surface area contributed by atoms with Crippen LogP contribution >= 0.6 is 11.6 Å². The predicted molar refractivity (Wildman–Crippen MR) is 90.0 cm³/mol. The number of nitrogens with two attached hydrogens (primary N) is 1. The van der Waals surface area contributed by atoms with Gasteiger partial charge >= 0.3 is 11.8 Å². The van der Waals surface area contributed by atoms with E-state index in [9.17, 15) is 14.4 Å². The minimum Gasteiger partial charge on any atom is -0.495 e. The first-order valence-corrected chi connectivity index (χ1v) is 7.15. The Kier molecular flexibility index (Phi) is 5.39. The van der Waals surface area contributed by atoms with E-state index in [0.717, 1.165) is 0 Å². The van der Waals surface area contributed by atoms with Gasteiger partial charge in [-0.25, -0.2) is 0 Å². The second-order valence-electron chi connectivity index (χ2n) is 4.67. The van der Waals surface area contributed by atoms with Crippen LogP contribution < -0.4 is 21.1 Å². The van der Waals surface area contributed by atoms with Gasteiger partial charge in [-0.1, -0.05) is 23.7 Å². The van der Waals surface area contributed by atoms with Crippen LogP contribution in [0.2, 0.25) is 5.02 Å². The quantitative estimate of drug-likeness (QED) is 0.579. The molecule has 0 radical (unpaired) electrons. The Labute approximate surface area is 142 Å². The molecule has 0 saturated heterocycles. The third-order valence-corrected chi connectivity index (χ3v) is 3.28. The lowest BCUT2D eigenvalue weighted by atomic mass is 10.1. The molecule has 0 bridgehead atoms. The molecule has 0 saturated carbocycles. The zero-order valence-electron chi connectivity index (χ0n) is 12.6. The number of hydrogen-bond donors (Lipinski definition) is 3. The van der Waals surface area contributed by atoms with Crippen molar-refractivity contribution in [2.45, 2.75) is 0 Å². The van der Waals surface area contributed by atoms with E-state index in [2.05, 4.69) is 5.32 Å². The number of methoxy groups -OCH3 is 1. The summed E-state index contributed by atoms with van der Waals surface area (Å²) in [6.45, 7) is 0. The van der Waals surface area contributed by atoms with Crippen molar-refractivity contribution in [3.8, 4) is 5.75 Å². The summed E-state index contributed by atoms with van der Waals surface area (Å²) in [7, 11) is 1.40. The molecular weight excluding hydrogens is 334 g/mol. The molecule has 0 aliphatic carbocycles. The number of nitrogens with one attached hydrogen (secondary N) is 2. The van der Waals surface area contributed by atoms with Gasteiger partial charge in [0, 0.05) is 10.7 Å². The minimum atomic E-state index is -1.13. The van der Waals surface area contributed by atoms with Gasteiger partial charge in [-0.05, 0) is 30.3 Å². The lowest BCUT2D eigenvalue weighted by Gasteiger charge is -2.10. The first-order chi connectivity index (χ1) is 11.4. The highest BCUT2D eigenvalue weighted by Gasteiger charge is 2.20. The molecule has 2 aromatic carbocycles. The van der Waals surface area contributed by atoms with Gasteiger partial charge in [0.25, 0.3) is 5.91 Å². The number of benzene rings is 2. The summed E-state index contributed by atoms with van der Waals surface area (Å²) in [5.74, 6) is -2.63. The third-order valence-electron chi connectivity index (χ3n) is 3.05. The van der Waals surface area contributed by atoms with Gasteiger partial charge in [-0.2, -0.15) is 0 Å². The van der Waals surface area contributed by atoms with Crippen LogP contribution in [0.5, 0.6) is 5.75 Å². The van der Waals surface area contributed by atoms with Crippen molar-refractivity contribution >= 4 is 40.7 Å². The summed E-state index contributed by atoms with van der Waals surface area (Å²) in [5.41, 5.74) is 6.14. The van der Waals surface area contributed by atoms with Crippen LogP contribution in [0.4, 0.5) is 11.4 Å². The van der Waals surface area contributed by atoms with E-state index < -0.39 is 17.7 Å². The minimum absolute atomic E-state index is 0.0963. The first-order valence-electron chi connectivity index (χ1n) is 6.77. The lowest BCUT2D eigenvalue weighted by Crippen LogP contribution is -2.39. The molecule has 24 heavy (non-hydrogen) atoms. The first kappa shape index (κ1) is 17.3. The van der Waals surface area contributed by atoms with Crippen LogP contribution in [0.25, 0.3) is 0 Å². The Balaban J connectivity index is 2.08. The smallest absolute Gasteiger partial charge is 0.316 e. The summed E-state index contributed by atoms with van der Waals surface area (Å²) >= 11 is 5.84. The Bertz CT molecular complexity index is 808. The van der Waals surface area contributed by atoms with Gasteiger partial charge in [-0.15, -0.1) is 0 Å². The molecule has 0 fully saturated rings. The predicted octanol–water partition coefficient (Wildman–Crippen LogP) is 1.83. The van der Waals surface area contributed by atoms with Crippen molar-refractivity contribution in [1.82, 2.24) is 5.32 Å². The zero-order chi connectivity index (χ0) is 17.7. The molecular formula is C16H14ClN3O4. The molecule has 124 valence electrons. The van der Waals surface area contributed by atoms with Crippen molar-refractivity contribution in [3.05, 3.63) is 53.1 Å². The molecule has 4 N–H and O–H groups in total. The highest BCUT2D eigenvalue weighted by molar-refractivity contribution is 6.43. The highest BCUT2D eigenvalue weighted by atomic mass is 35.5. The summed E-state index contributed by atoms with van der Waals surface area (Å²) in [4.78, 5) is 35.8. The van der Waals surface area contributed by atoms with E-state index in [0.29, 0.717) is 10.8 Å². The monoisotopic (exact) mass is 347 g/mol. The van der Waals surface area contributed by atoms with Crippen molar-refractivity contribution in [2.24, 2.45) is 0 Å². The van der Waals surface area contributed by atoms with Crippen molar-refractivity contribution in [2.75, 3.05) is 18.2 Å². The molecule has 3 amide bonds. The normalized spacial score (nSPS) is 9.92. The van der Waals surface area contributed by atoms with E-state index in [-0.39, 0.29) is 16.9 Å². The van der Waals surface area contributed by atoms with Gasteiger partial charge in [0.15, 0.2) is 0 Å². The fraction of sp³-hybridized carbons (Fsp3) is 0.0625. The molecule has 0 spiro atoms. The van der Waals surface area contributed by atoms with Gasteiger partial charge < -0.3 is 15.8 Å². The molecule has 0 aliphatic heterocycles. The number of carbonyl (C=O) groups is 3. The van der Waals surface area contributed by atoms with Gasteiger partial charge in [0.1, 0.15) is 5.75 Å². The maximum atomic E-state index is 12.0. The average Bonchev–Trinajstić information content (AvgIpc) is 2.55. The standard InChI is InChI=1S/C16H14ClN3O4/c1-24-13-7-6-9(17)8-12(13)19-15(22)16(23)20-14(21)10-4-2-3-5-11(10)18/h2-8H,18H2,1H3,(H,19,22)(H,20,21,23). The Morgan fingerprint density at radius 1 is 1.08 bits per heavy atom. The lowest BCUT2D eigenvalue weighted by molar-refractivity contribution is -0.135. The van der Waals surface area contributed by atoms with E-state index in [1.807, 2.05) is 5.32 Å². The number of carbonyl (C=O) groups excluding carboxylic acids is 3. The summed E-state index contributed by atoms with van der Waals surface area (Å²) in [6, 6.07) is 10.7. The fourth-order valence-electron chi connectivity index (χ4n) is 1.89. The number of imide groups is 1. The molecule has 0 aromatic heterocycles. The summed E-state index contributed by atoms with van der Waals surface area (Å²) in [6.07, 6.45) is 0. The van der Waals surface area contributed by atoms with Crippen LogP contribution in [0, 0.1) is 0 Å². The van der Waals surface area contributed by atoms with Crippen molar-refractivity contribution in [1.29, 1.82) is 0 Å². The Morgan fingerprint density at radius 2 is 1.79 bits per heavy atom. The van der Waals surface area contributed by atoms with Crippen LogP contribution in [0.15, 0.2) is 42.5 Å². The van der Waals surface area contributed by atoms with Gasteiger partial charge in [0.2, 0.25) is 0 Å². The van der Waals surface area contributed by atoms with Gasteiger partial charge in [0.05, 0.1) is 18.4 Å². The molecule has 0 aliphatic rings. The highest BCUT2D eigenvalue weighted by Crippen LogP contribution is 2.27. The number of hydrogen-bond acceptors (Lipinski definition) is 5. The topological polar surface area (TPSA) is 111 Å². The van der Waals surface area contributed by atoms with E-state index >= 15 is 0 Å². The zero-order valence-corrected chi connectivity index (χ0v) is 13.4. The van der Waals surface area contributed by atoms with Crippen molar-refractivity contribution in [3.63, 3.8) is 0 Å². The second-order valence-corrected chi connectivity index (χ2v) is 5.11. The van der Waals surface area contributed by atoms with Crippen LogP contribution in [-0.2, 0) is 9.59 Å². The number of anilines is 2. The molecule has 0 atom stereocenters. The Hall–Kier alpha value is -3.06. The number of para-hydroxylation sites is 1. The molecule has 0 heterocycles. The maximum Gasteiger partial charge on any atom is 0.316 e. The number of halogens is 1. The second kappa shape index (κ2) is 7.47. The van der Waals surface area contributed by atoms with Crippen LogP contribution in [0.3, 0.4) is 0 Å². The molecule has 2 rings (SSSR count). The Morgan fingerprint density at radius 3 is 2.46 bits per heavy atom. The SMILES string of the molecule is COc1ccc(Cl)cc1NC(=O)C(=O)NC(=O)c1ccccc1N. The number of rotatable bonds is 3. The maximum absolute atomic E-state index is 12.0. The van der Waals surface area contributed by atoms with E-state index in [1.54, 1.807) is 18.2 Å². The number of nitrogen functional groups attached to an aromatic ring is 1. The average molecular weight is 348 g/mol. The summed E-state index contributed by atoms with van der Waals surface area (Å²) in [5, 5.41) is 4.64. The third kappa shape index (κ3) is 4.02. The van der Waals surface area contributed by atoms with Crippen LogP contribution in [0.1, 0.15) is 10.4 Å². The van der Waals surface area contributed by atoms with E-state index in [1.165, 1.54) is 31.4 Å². The van der Waals surface area contributed by atoms with Crippen LogP contribution in [-0.4, -0.2) is 24.8 Å². The molecule has 2 aromatic rings. The number of amides is 3. The largest absolute Gasteiger partial charge is 0.495 e.